The van der Waals surface area contributed by atoms with E-state index in [1.807, 2.05) is 0 Å². The number of hydrogen-bond donors (Lipinski definition) is 0. The fourth-order valence-corrected chi connectivity index (χ4v) is 0.289. The van der Waals surface area contributed by atoms with Crippen molar-refractivity contribution in [1.82, 2.24) is 0 Å². The molecular formula is C6H11ClZn. The molecule has 0 amide bonds. The first-order valence-electron chi connectivity index (χ1n) is 2.73. The Morgan fingerprint density at radius 1 is 1.50 bits per heavy atom. The van der Waals surface area contributed by atoms with E-state index >= 15 is 0 Å². The van der Waals surface area contributed by atoms with Crippen LogP contribution in [0.15, 0.2) is 6.08 Å². The fraction of sp³-hybridized carbons (Fsp3) is 0.667. The van der Waals surface area contributed by atoms with Gasteiger partial charge >= 0.3 is 27.0 Å². The van der Waals surface area contributed by atoms with E-state index in [2.05, 4.69) is 26.0 Å². The molecule has 2 heteroatoms. The van der Waals surface area contributed by atoms with Crippen molar-refractivity contribution in [3.63, 3.8) is 0 Å². The van der Waals surface area contributed by atoms with Crippen LogP contribution in [0.3, 0.4) is 0 Å². The molecule has 0 aliphatic carbocycles. The first-order chi connectivity index (χ1) is 3.91. The zero-order valence-electron chi connectivity index (χ0n) is 5.58. The van der Waals surface area contributed by atoms with E-state index in [0.29, 0.717) is 0 Å². The Morgan fingerprint density at radius 2 is 2.00 bits per heavy atom. The van der Waals surface area contributed by atoms with Crippen LogP contribution in [0.5, 0.6) is 0 Å². The topological polar surface area (TPSA) is 0 Å². The molecule has 0 unspecified atom stereocenters. The summed E-state index contributed by atoms with van der Waals surface area (Å²) in [6.07, 6.45) is 7.30. The molecule has 0 aliphatic rings. The van der Waals surface area contributed by atoms with Crippen molar-refractivity contribution in [2.24, 2.45) is 0 Å². The van der Waals surface area contributed by atoms with E-state index in [0.717, 1.165) is 30.2 Å². The van der Waals surface area contributed by atoms with E-state index in [1.54, 1.807) is 0 Å². The summed E-state index contributed by atoms with van der Waals surface area (Å²) in [6.45, 7) is 4.20. The normalized spacial score (nSPS) is 8.62. The fourth-order valence-electron chi connectivity index (χ4n) is 0.289. The molecule has 0 fully saturated rings. The molecule has 0 aromatic heterocycles. The van der Waals surface area contributed by atoms with Crippen LogP contribution in [0.4, 0.5) is 0 Å². The predicted molar refractivity (Wildman–Crippen MR) is 34.2 cm³/mol. The summed E-state index contributed by atoms with van der Waals surface area (Å²) in [4.78, 5) is 0. The van der Waals surface area contributed by atoms with Crippen molar-refractivity contribution >= 4 is 9.69 Å². The van der Waals surface area contributed by atoms with Gasteiger partial charge < -0.3 is 6.08 Å². The van der Waals surface area contributed by atoms with Crippen LogP contribution >= 0.6 is 9.69 Å². The van der Waals surface area contributed by atoms with Crippen molar-refractivity contribution in [3.8, 4) is 0 Å². The van der Waals surface area contributed by atoms with E-state index in [-0.39, 0.29) is 0 Å². The summed E-state index contributed by atoms with van der Waals surface area (Å²) in [7, 11) is 4.76. The zero-order valence-corrected chi connectivity index (χ0v) is 9.30. The monoisotopic (exact) mass is 182 g/mol. The summed E-state index contributed by atoms with van der Waals surface area (Å²) in [5.41, 5.74) is 0. The van der Waals surface area contributed by atoms with Gasteiger partial charge in [-0.15, -0.1) is 0 Å². The number of allylic oxidation sites excluding steroid dienone is 2. The minimum absolute atomic E-state index is 0.847. The third-order valence-corrected chi connectivity index (χ3v) is 0.553. The van der Waals surface area contributed by atoms with E-state index in [4.69, 9.17) is 9.69 Å². The molecule has 0 aromatic carbocycles. The molecule has 0 rings (SSSR count). The maximum atomic E-state index is 4.76. The molecule has 0 nitrogen and oxygen atoms in total. The Morgan fingerprint density at radius 3 is 2.12 bits per heavy atom. The zero-order chi connectivity index (χ0) is 6.83. The van der Waals surface area contributed by atoms with Crippen LogP contribution in [0, 0.1) is 6.08 Å². The summed E-state index contributed by atoms with van der Waals surface area (Å²) in [6, 6.07) is 0. The van der Waals surface area contributed by atoms with E-state index < -0.39 is 0 Å². The van der Waals surface area contributed by atoms with Gasteiger partial charge in [0.15, 0.2) is 0 Å². The molecule has 0 N–H and O–H groups in total. The van der Waals surface area contributed by atoms with Crippen molar-refractivity contribution in [1.29, 1.82) is 0 Å². The Balaban J connectivity index is 0. The molecule has 0 aliphatic heterocycles. The van der Waals surface area contributed by atoms with E-state index in [1.165, 1.54) is 0 Å². The predicted octanol–water partition coefficient (Wildman–Crippen LogP) is 2.85. The standard InChI is InChI=1S/C6H11.ClH.Zn/c1-3-5-6-4-2;;/h5H,3-4H2,1-2H3;1H;/q-1;;+2/p-1. The average Bonchev–Trinajstić information content (AvgIpc) is 1.88. The third kappa shape index (κ3) is 15.9. The Bertz CT molecular complexity index is 37.8. The van der Waals surface area contributed by atoms with Gasteiger partial charge in [0.05, 0.1) is 0 Å². The molecule has 0 spiro atoms. The van der Waals surface area contributed by atoms with Crippen molar-refractivity contribution < 1.29 is 17.3 Å². The van der Waals surface area contributed by atoms with Gasteiger partial charge in [0.25, 0.3) is 0 Å². The van der Waals surface area contributed by atoms with Crippen molar-refractivity contribution in [2.45, 2.75) is 26.7 Å². The second-order valence-corrected chi connectivity index (χ2v) is 1.17. The number of hydrogen-bond acceptors (Lipinski definition) is 0. The van der Waals surface area contributed by atoms with Gasteiger partial charge in [-0.3, -0.25) is 6.08 Å². The van der Waals surface area contributed by atoms with Gasteiger partial charge in [-0.1, -0.05) is 20.3 Å². The van der Waals surface area contributed by atoms with Gasteiger partial charge in [-0.2, -0.15) is 6.42 Å². The van der Waals surface area contributed by atoms with Crippen LogP contribution in [0.1, 0.15) is 26.7 Å². The Kier molecular flexibility index (Phi) is 22.4. The van der Waals surface area contributed by atoms with Crippen LogP contribution < -0.4 is 0 Å². The molecule has 8 heavy (non-hydrogen) atoms. The van der Waals surface area contributed by atoms with E-state index in [9.17, 15) is 0 Å². The minimum atomic E-state index is 0.847. The molecule has 0 radical (unpaired) electrons. The molecule has 0 saturated heterocycles. The van der Waals surface area contributed by atoms with Crippen LogP contribution in [-0.2, 0) is 17.3 Å². The average molecular weight is 184 g/mol. The summed E-state index contributed by atoms with van der Waals surface area (Å²) < 4.78 is 0. The van der Waals surface area contributed by atoms with Gasteiger partial charge in [-0.25, -0.2) is 0 Å². The molecule has 0 saturated carbocycles. The maximum absolute atomic E-state index is 4.76. The first kappa shape index (κ1) is 11.5. The van der Waals surface area contributed by atoms with Crippen LogP contribution in [-0.4, -0.2) is 0 Å². The third-order valence-electron chi connectivity index (χ3n) is 0.553. The van der Waals surface area contributed by atoms with Crippen molar-refractivity contribution in [3.05, 3.63) is 12.2 Å². The molecular weight excluding hydrogens is 173 g/mol. The quantitative estimate of drug-likeness (QED) is 0.457. The number of halogens is 1. The summed E-state index contributed by atoms with van der Waals surface area (Å²) in [5, 5.41) is 0. The summed E-state index contributed by atoms with van der Waals surface area (Å²) >= 11 is 0.847. The van der Waals surface area contributed by atoms with Gasteiger partial charge in [-0.05, 0) is 0 Å². The first-order valence-corrected chi connectivity index (χ1v) is 6.63. The van der Waals surface area contributed by atoms with Gasteiger partial charge in [0.1, 0.15) is 0 Å². The van der Waals surface area contributed by atoms with Crippen molar-refractivity contribution in [2.75, 3.05) is 0 Å². The molecule has 0 atom stereocenters. The molecule has 0 heterocycles. The molecule has 0 bridgehead atoms. The Hall–Kier alpha value is 0.653. The second-order valence-electron chi connectivity index (χ2n) is 1.17. The summed E-state index contributed by atoms with van der Waals surface area (Å²) in [5.74, 6) is 0. The Labute approximate surface area is 66.0 Å². The van der Waals surface area contributed by atoms with Gasteiger partial charge in [0, 0.05) is 0 Å². The molecule has 44 valence electrons. The second kappa shape index (κ2) is 15.6. The number of rotatable bonds is 2. The SMILES string of the molecule is CC[C-]=CCC.[Cl][Zn+]. The van der Waals surface area contributed by atoms with Gasteiger partial charge in [0.2, 0.25) is 0 Å². The van der Waals surface area contributed by atoms with Crippen LogP contribution in [0.25, 0.3) is 0 Å². The molecule has 0 aromatic rings. The van der Waals surface area contributed by atoms with Crippen LogP contribution in [0.2, 0.25) is 0 Å².